The van der Waals surface area contributed by atoms with Gasteiger partial charge in [0.15, 0.2) is 16.1 Å². The summed E-state index contributed by atoms with van der Waals surface area (Å²) in [6, 6.07) is -0.0539. The third kappa shape index (κ3) is 4.77. The van der Waals surface area contributed by atoms with Gasteiger partial charge in [0.25, 0.3) is 0 Å². The number of hydrogen-bond donors (Lipinski definition) is 0. The van der Waals surface area contributed by atoms with Gasteiger partial charge in [-0.2, -0.15) is 4.98 Å². The number of amides is 1. The fourth-order valence-electron chi connectivity index (χ4n) is 4.39. The number of anilines is 1. The van der Waals surface area contributed by atoms with Crippen molar-refractivity contribution in [2.24, 2.45) is 0 Å². The first-order valence-electron chi connectivity index (χ1n) is 11.0. The van der Waals surface area contributed by atoms with Crippen molar-refractivity contribution in [3.8, 4) is 5.88 Å². The average Bonchev–Trinajstić information content (AvgIpc) is 2.99. The van der Waals surface area contributed by atoms with Crippen molar-refractivity contribution in [3.05, 3.63) is 11.0 Å². The molecular weight excluding hydrogens is 469 g/mol. The van der Waals surface area contributed by atoms with Gasteiger partial charge in [-0.1, -0.05) is 23.4 Å². The molecule has 2 atom stereocenters. The highest BCUT2D eigenvalue weighted by Gasteiger charge is 2.45. The normalized spacial score (nSPS) is 20.6. The molecule has 2 aliphatic rings. The molecule has 2 bridgehead atoms. The van der Waals surface area contributed by atoms with Crippen molar-refractivity contribution >= 4 is 46.2 Å². The molecule has 8 nitrogen and oxygen atoms in total. The highest BCUT2D eigenvalue weighted by atomic mass is 35.5. The lowest BCUT2D eigenvalue weighted by atomic mass is 10.1. The van der Waals surface area contributed by atoms with Crippen LogP contribution in [-0.2, 0) is 4.74 Å². The van der Waals surface area contributed by atoms with Gasteiger partial charge in [0.05, 0.1) is 18.2 Å². The van der Waals surface area contributed by atoms with E-state index in [9.17, 15) is 4.79 Å². The summed E-state index contributed by atoms with van der Waals surface area (Å²) in [5.41, 5.74) is -0.475. The topological polar surface area (TPSA) is 80.7 Å². The molecule has 0 N–H and O–H groups in total. The minimum Gasteiger partial charge on any atom is -0.474 e. The highest BCUT2D eigenvalue weighted by molar-refractivity contribution is 7.98. The summed E-state index contributed by atoms with van der Waals surface area (Å²) in [5, 5.41) is 0.536. The predicted octanol–water partition coefficient (Wildman–Crippen LogP) is 4.91. The zero-order valence-electron chi connectivity index (χ0n) is 19.7. The second kappa shape index (κ2) is 8.94. The number of hydrogen-bond acceptors (Lipinski definition) is 8. The molecule has 4 rings (SSSR count). The number of piperazine rings is 1. The van der Waals surface area contributed by atoms with Crippen molar-refractivity contribution in [3.63, 3.8) is 0 Å². The second-order valence-corrected chi connectivity index (χ2v) is 10.8. The molecule has 2 unspecified atom stereocenters. The highest BCUT2D eigenvalue weighted by Crippen LogP contribution is 2.40. The van der Waals surface area contributed by atoms with Crippen molar-refractivity contribution < 1.29 is 18.7 Å². The Kier molecular flexibility index (Phi) is 6.52. The van der Waals surface area contributed by atoms with Gasteiger partial charge in [-0.05, 0) is 53.7 Å². The fourth-order valence-corrected chi connectivity index (χ4v) is 4.92. The van der Waals surface area contributed by atoms with Gasteiger partial charge in [-0.15, -0.1) is 0 Å². The molecule has 0 aromatic carbocycles. The number of rotatable bonds is 4. The Hall–Kier alpha value is -2.07. The number of carbonyl (C=O) groups is 1. The summed E-state index contributed by atoms with van der Waals surface area (Å²) in [5.74, 6) is 0.0527. The summed E-state index contributed by atoms with van der Waals surface area (Å²) >= 11 is 7.39. The van der Waals surface area contributed by atoms with E-state index in [4.69, 9.17) is 26.1 Å². The van der Waals surface area contributed by atoms with Crippen LogP contribution in [0.1, 0.15) is 47.5 Å². The molecule has 2 aliphatic heterocycles. The van der Waals surface area contributed by atoms with Gasteiger partial charge >= 0.3 is 6.09 Å². The van der Waals surface area contributed by atoms with E-state index in [1.165, 1.54) is 11.8 Å². The van der Waals surface area contributed by atoms with Gasteiger partial charge in [0.2, 0.25) is 5.88 Å². The standard InChI is InChI=1S/C22H29ClFN5O3S/c1-11(2)31-19-14-16(15(24)17(23)26-19)25-20(33-6)27-18(14)28-9-12-7-8-13(10-28)29(12)21(30)32-22(3,4)5/h11-13H,7-10H2,1-6H3. The van der Waals surface area contributed by atoms with Crippen LogP contribution in [0.25, 0.3) is 10.9 Å². The quantitative estimate of drug-likeness (QED) is 0.334. The molecule has 0 spiro atoms. The van der Waals surface area contributed by atoms with Crippen LogP contribution < -0.4 is 9.64 Å². The molecule has 2 aromatic heterocycles. The molecule has 33 heavy (non-hydrogen) atoms. The van der Waals surface area contributed by atoms with Crippen LogP contribution in [0.2, 0.25) is 5.15 Å². The zero-order chi connectivity index (χ0) is 24.1. The largest absolute Gasteiger partial charge is 0.474 e. The number of fused-ring (bicyclic) bond motifs is 3. The summed E-state index contributed by atoms with van der Waals surface area (Å²) < 4.78 is 26.6. The van der Waals surface area contributed by atoms with Crippen molar-refractivity contribution in [1.82, 2.24) is 19.9 Å². The summed E-state index contributed by atoms with van der Waals surface area (Å²) in [7, 11) is 0. The molecule has 0 aliphatic carbocycles. The first-order chi connectivity index (χ1) is 15.5. The number of aromatic nitrogens is 3. The van der Waals surface area contributed by atoms with Crippen LogP contribution in [0.15, 0.2) is 5.16 Å². The lowest BCUT2D eigenvalue weighted by molar-refractivity contribution is 0.0123. The van der Waals surface area contributed by atoms with Gasteiger partial charge in [-0.3, -0.25) is 4.90 Å². The summed E-state index contributed by atoms with van der Waals surface area (Å²) in [4.78, 5) is 30.0. The van der Waals surface area contributed by atoms with Gasteiger partial charge in [0.1, 0.15) is 22.3 Å². The Bertz CT molecular complexity index is 1070. The Morgan fingerprint density at radius 3 is 2.36 bits per heavy atom. The zero-order valence-corrected chi connectivity index (χ0v) is 21.3. The number of thioether (sulfide) groups is 1. The van der Waals surface area contributed by atoms with E-state index in [1.54, 1.807) is 0 Å². The van der Waals surface area contributed by atoms with Crippen molar-refractivity contribution in [1.29, 1.82) is 0 Å². The Labute approximate surface area is 202 Å². The molecule has 0 radical (unpaired) electrons. The summed E-state index contributed by atoms with van der Waals surface area (Å²) in [6.07, 6.45) is 3.08. The molecule has 4 heterocycles. The first-order valence-corrected chi connectivity index (χ1v) is 12.6. The van der Waals surface area contributed by atoms with Crippen molar-refractivity contribution in [2.45, 2.75) is 76.4 Å². The maximum Gasteiger partial charge on any atom is 0.410 e. The Morgan fingerprint density at radius 2 is 1.82 bits per heavy atom. The maximum absolute atomic E-state index is 15.0. The molecule has 180 valence electrons. The van der Waals surface area contributed by atoms with E-state index in [-0.39, 0.29) is 40.8 Å². The molecule has 2 saturated heterocycles. The van der Waals surface area contributed by atoms with E-state index in [0.29, 0.717) is 29.5 Å². The lowest BCUT2D eigenvalue weighted by Gasteiger charge is -2.42. The third-order valence-corrected chi connectivity index (χ3v) is 6.39. The second-order valence-electron chi connectivity index (χ2n) is 9.62. The van der Waals surface area contributed by atoms with E-state index in [1.807, 2.05) is 45.8 Å². The van der Waals surface area contributed by atoms with Crippen molar-refractivity contribution in [2.75, 3.05) is 24.2 Å². The van der Waals surface area contributed by atoms with Gasteiger partial charge in [0, 0.05) is 13.1 Å². The molecule has 0 saturated carbocycles. The fraction of sp³-hybridized carbons (Fsp3) is 0.636. The van der Waals surface area contributed by atoms with Gasteiger partial charge in [-0.25, -0.2) is 19.2 Å². The van der Waals surface area contributed by atoms with E-state index < -0.39 is 11.4 Å². The first kappa shape index (κ1) is 24.1. The van der Waals surface area contributed by atoms with E-state index in [0.717, 1.165) is 12.8 Å². The average molecular weight is 498 g/mol. The Morgan fingerprint density at radius 1 is 1.18 bits per heavy atom. The number of ether oxygens (including phenoxy) is 2. The Balaban J connectivity index is 1.76. The van der Waals surface area contributed by atoms with Crippen LogP contribution in [0.3, 0.4) is 0 Å². The van der Waals surface area contributed by atoms with Crippen LogP contribution in [0, 0.1) is 5.82 Å². The third-order valence-electron chi connectivity index (χ3n) is 5.59. The molecular formula is C22H29ClFN5O3S. The number of pyridine rings is 1. The minimum atomic E-state index is -0.697. The van der Waals surface area contributed by atoms with E-state index in [2.05, 4.69) is 14.9 Å². The number of nitrogens with zero attached hydrogens (tertiary/aromatic N) is 5. The molecule has 11 heteroatoms. The van der Waals surface area contributed by atoms with Crippen LogP contribution in [0.4, 0.5) is 15.0 Å². The monoisotopic (exact) mass is 497 g/mol. The van der Waals surface area contributed by atoms with Crippen LogP contribution in [0.5, 0.6) is 5.88 Å². The smallest absolute Gasteiger partial charge is 0.410 e. The molecule has 2 fully saturated rings. The maximum atomic E-state index is 15.0. The molecule has 2 aromatic rings. The van der Waals surface area contributed by atoms with Gasteiger partial charge < -0.3 is 14.4 Å². The van der Waals surface area contributed by atoms with E-state index >= 15 is 4.39 Å². The summed E-state index contributed by atoms with van der Waals surface area (Å²) in [6.45, 7) is 10.4. The predicted molar refractivity (Wildman–Crippen MR) is 127 cm³/mol. The minimum absolute atomic E-state index is 0.0269. The number of halogens is 2. The van der Waals surface area contributed by atoms with Crippen LogP contribution >= 0.6 is 23.4 Å². The lowest BCUT2D eigenvalue weighted by Crippen LogP contribution is -2.57. The molecule has 1 amide bonds. The SMILES string of the molecule is CSc1nc(N2CC3CCC(C2)N3C(=O)OC(C)(C)C)c2c(OC(C)C)nc(Cl)c(F)c2n1. The van der Waals surface area contributed by atoms with Crippen LogP contribution in [-0.4, -0.2) is 69.1 Å². The number of carbonyl (C=O) groups excluding carboxylic acids is 1.